The molecule has 0 amide bonds. The molecular formula is C29H54O2. The second-order valence-corrected chi connectivity index (χ2v) is 11.5. The van der Waals surface area contributed by atoms with E-state index in [4.69, 9.17) is 9.47 Å². The third-order valence-electron chi connectivity index (χ3n) is 9.12. The third-order valence-corrected chi connectivity index (χ3v) is 9.12. The Morgan fingerprint density at radius 3 is 1.94 bits per heavy atom. The van der Waals surface area contributed by atoms with E-state index in [9.17, 15) is 0 Å². The molecule has 0 bridgehead atoms. The second-order valence-electron chi connectivity index (χ2n) is 11.5. The molecule has 0 N–H and O–H groups in total. The molecule has 1 spiro atoms. The van der Waals surface area contributed by atoms with Crippen molar-refractivity contribution in [2.24, 2.45) is 23.7 Å². The van der Waals surface area contributed by atoms with Crippen LogP contribution in [0.25, 0.3) is 0 Å². The summed E-state index contributed by atoms with van der Waals surface area (Å²) in [5, 5.41) is 0. The molecule has 182 valence electrons. The highest BCUT2D eigenvalue weighted by atomic mass is 16.7. The smallest absolute Gasteiger partial charge is 0.168 e. The molecule has 0 aromatic carbocycles. The van der Waals surface area contributed by atoms with Crippen molar-refractivity contribution < 1.29 is 9.47 Å². The fourth-order valence-electron chi connectivity index (χ4n) is 6.80. The molecule has 2 nitrogen and oxygen atoms in total. The summed E-state index contributed by atoms with van der Waals surface area (Å²) in [6.45, 7) is 7.88. The number of ether oxygens (including phenoxy) is 2. The molecule has 1 heterocycles. The maximum atomic E-state index is 6.61. The minimum absolute atomic E-state index is 0.231. The molecule has 31 heavy (non-hydrogen) atoms. The lowest BCUT2D eigenvalue weighted by Gasteiger charge is -2.48. The van der Waals surface area contributed by atoms with Crippen molar-refractivity contribution >= 4 is 0 Å². The summed E-state index contributed by atoms with van der Waals surface area (Å²) in [5.74, 6) is 3.33. The summed E-state index contributed by atoms with van der Waals surface area (Å²) in [4.78, 5) is 0. The van der Waals surface area contributed by atoms with Gasteiger partial charge in [-0.05, 0) is 56.8 Å². The predicted molar refractivity (Wildman–Crippen MR) is 132 cm³/mol. The van der Waals surface area contributed by atoms with Gasteiger partial charge in [0.1, 0.15) is 0 Å². The highest BCUT2D eigenvalue weighted by molar-refractivity contribution is 4.89. The summed E-state index contributed by atoms with van der Waals surface area (Å²) >= 11 is 0. The Morgan fingerprint density at radius 2 is 1.29 bits per heavy atom. The van der Waals surface area contributed by atoms with E-state index in [1.54, 1.807) is 0 Å². The van der Waals surface area contributed by atoms with Gasteiger partial charge >= 0.3 is 0 Å². The maximum absolute atomic E-state index is 6.61. The van der Waals surface area contributed by atoms with E-state index in [1.165, 1.54) is 109 Å². The van der Waals surface area contributed by atoms with E-state index in [1.807, 2.05) is 0 Å². The minimum Gasteiger partial charge on any atom is -0.350 e. The summed E-state index contributed by atoms with van der Waals surface area (Å²) in [6.07, 6.45) is 26.6. The molecule has 1 saturated heterocycles. The van der Waals surface area contributed by atoms with Gasteiger partial charge in [0.15, 0.2) is 5.79 Å². The Labute approximate surface area is 194 Å². The highest BCUT2D eigenvalue weighted by Crippen LogP contribution is 2.46. The average Bonchev–Trinajstić information content (AvgIpc) is 2.79. The molecule has 1 aliphatic heterocycles. The average molecular weight is 435 g/mol. The highest BCUT2D eigenvalue weighted by Gasteiger charge is 2.45. The van der Waals surface area contributed by atoms with Gasteiger partial charge in [0.2, 0.25) is 0 Å². The van der Waals surface area contributed by atoms with Crippen LogP contribution in [0.4, 0.5) is 0 Å². The van der Waals surface area contributed by atoms with E-state index >= 15 is 0 Å². The monoisotopic (exact) mass is 434 g/mol. The van der Waals surface area contributed by atoms with E-state index in [-0.39, 0.29) is 5.79 Å². The lowest BCUT2D eigenvalue weighted by molar-refractivity contribution is -0.323. The fraction of sp³-hybridized carbons (Fsp3) is 1.00. The topological polar surface area (TPSA) is 18.5 Å². The Kier molecular flexibility index (Phi) is 11.2. The normalized spacial score (nSPS) is 36.7. The first-order valence-corrected chi connectivity index (χ1v) is 14.5. The van der Waals surface area contributed by atoms with E-state index < -0.39 is 0 Å². The summed E-state index contributed by atoms with van der Waals surface area (Å²) in [6, 6.07) is 0. The lowest BCUT2D eigenvalue weighted by atomic mass is 9.69. The number of rotatable bonds is 12. The van der Waals surface area contributed by atoms with Crippen LogP contribution in [-0.4, -0.2) is 18.5 Å². The van der Waals surface area contributed by atoms with Crippen LogP contribution < -0.4 is 0 Å². The van der Waals surface area contributed by atoms with Crippen LogP contribution in [-0.2, 0) is 9.47 Å². The molecule has 0 radical (unpaired) electrons. The molecule has 3 aliphatic rings. The van der Waals surface area contributed by atoms with Crippen molar-refractivity contribution in [3.05, 3.63) is 0 Å². The van der Waals surface area contributed by atoms with Crippen molar-refractivity contribution in [3.8, 4) is 0 Å². The molecule has 2 saturated carbocycles. The maximum Gasteiger partial charge on any atom is 0.168 e. The second kappa shape index (κ2) is 13.6. The zero-order valence-corrected chi connectivity index (χ0v) is 21.3. The first-order valence-electron chi connectivity index (χ1n) is 14.5. The van der Waals surface area contributed by atoms with Crippen molar-refractivity contribution in [3.63, 3.8) is 0 Å². The van der Waals surface area contributed by atoms with Crippen LogP contribution in [0.5, 0.6) is 0 Å². The van der Waals surface area contributed by atoms with Crippen LogP contribution in [0.2, 0.25) is 0 Å². The molecule has 2 atom stereocenters. The fourth-order valence-corrected chi connectivity index (χ4v) is 6.80. The summed E-state index contributed by atoms with van der Waals surface area (Å²) in [5.41, 5.74) is 0. The SMILES string of the molecule is CCCCCCCCCC1COC2(CCC(C3CCC(CCCC)CC3)CC2)OC1C. The molecule has 3 fully saturated rings. The molecule has 3 rings (SSSR count). The molecule has 2 unspecified atom stereocenters. The van der Waals surface area contributed by atoms with Crippen LogP contribution >= 0.6 is 0 Å². The van der Waals surface area contributed by atoms with Crippen molar-refractivity contribution in [2.45, 2.75) is 155 Å². The van der Waals surface area contributed by atoms with Crippen LogP contribution in [0.15, 0.2) is 0 Å². The van der Waals surface area contributed by atoms with Gasteiger partial charge in [-0.2, -0.15) is 0 Å². The van der Waals surface area contributed by atoms with Gasteiger partial charge < -0.3 is 9.47 Å². The first-order chi connectivity index (χ1) is 15.2. The van der Waals surface area contributed by atoms with Crippen molar-refractivity contribution in [2.75, 3.05) is 6.61 Å². The third kappa shape index (κ3) is 8.02. The Balaban J connectivity index is 1.31. The van der Waals surface area contributed by atoms with Gasteiger partial charge in [0, 0.05) is 18.8 Å². The Hall–Kier alpha value is -0.0800. The van der Waals surface area contributed by atoms with Crippen molar-refractivity contribution in [1.82, 2.24) is 0 Å². The van der Waals surface area contributed by atoms with Gasteiger partial charge in [0.25, 0.3) is 0 Å². The first kappa shape index (κ1) is 25.5. The van der Waals surface area contributed by atoms with E-state index in [2.05, 4.69) is 20.8 Å². The van der Waals surface area contributed by atoms with Crippen LogP contribution in [0.3, 0.4) is 0 Å². The van der Waals surface area contributed by atoms with Gasteiger partial charge in [-0.1, -0.05) is 90.9 Å². The molecule has 0 aromatic heterocycles. The van der Waals surface area contributed by atoms with Crippen molar-refractivity contribution in [1.29, 1.82) is 0 Å². The summed E-state index contributed by atoms with van der Waals surface area (Å²) < 4.78 is 13.1. The summed E-state index contributed by atoms with van der Waals surface area (Å²) in [7, 11) is 0. The van der Waals surface area contributed by atoms with Gasteiger partial charge in [0.05, 0.1) is 12.7 Å². The molecule has 2 aliphatic carbocycles. The molecular weight excluding hydrogens is 380 g/mol. The quantitative estimate of drug-likeness (QED) is 0.285. The minimum atomic E-state index is -0.231. The van der Waals surface area contributed by atoms with Crippen LogP contribution in [0.1, 0.15) is 143 Å². The number of hydrogen-bond acceptors (Lipinski definition) is 2. The zero-order valence-electron chi connectivity index (χ0n) is 21.3. The largest absolute Gasteiger partial charge is 0.350 e. The van der Waals surface area contributed by atoms with Crippen LogP contribution in [0, 0.1) is 23.7 Å². The lowest BCUT2D eigenvalue weighted by Crippen LogP contribution is -2.50. The van der Waals surface area contributed by atoms with Gasteiger partial charge in [-0.25, -0.2) is 0 Å². The van der Waals surface area contributed by atoms with E-state index in [0.717, 1.165) is 37.2 Å². The van der Waals surface area contributed by atoms with E-state index in [0.29, 0.717) is 12.0 Å². The standard InChI is InChI=1S/C29H54O2/c1-4-6-8-9-10-11-12-14-28-23-30-29(31-24(28)3)21-19-27(20-22-29)26-17-15-25(16-18-26)13-7-5-2/h24-28H,4-23H2,1-3H3. The number of hydrogen-bond donors (Lipinski definition) is 0. The Morgan fingerprint density at radius 1 is 0.677 bits per heavy atom. The number of unbranched alkanes of at least 4 members (excludes halogenated alkanes) is 7. The molecule has 2 heteroatoms. The van der Waals surface area contributed by atoms with Gasteiger partial charge in [-0.3, -0.25) is 0 Å². The predicted octanol–water partition coefficient (Wildman–Crippen LogP) is 9.06. The molecule has 0 aromatic rings. The van der Waals surface area contributed by atoms with Gasteiger partial charge in [-0.15, -0.1) is 0 Å². The Bertz CT molecular complexity index is 459. The zero-order chi connectivity index (χ0) is 21.9.